The second kappa shape index (κ2) is 10.2. The average Bonchev–Trinajstić information content (AvgIpc) is 3.44. The largest absolute Gasteiger partial charge is 0.495 e. The fourth-order valence-corrected chi connectivity index (χ4v) is 5.99. The number of nitrogens with two attached hydrogens (primary N) is 1. The number of nitrogens with zero attached hydrogens (tertiary/aromatic N) is 2. The quantitative estimate of drug-likeness (QED) is 0.304. The second-order valence-corrected chi connectivity index (χ2v) is 10.0. The van der Waals surface area contributed by atoms with Crippen molar-refractivity contribution < 1.29 is 19.4 Å². The van der Waals surface area contributed by atoms with Gasteiger partial charge in [-0.1, -0.05) is 0 Å². The van der Waals surface area contributed by atoms with Gasteiger partial charge in [0, 0.05) is 37.8 Å². The first-order chi connectivity index (χ1) is 16.7. The monoisotopic (exact) mass is 484 g/mol. The van der Waals surface area contributed by atoms with E-state index in [4.69, 9.17) is 21.3 Å². The molecule has 3 fully saturated rings. The number of aliphatic hydroxyl groups is 1. The summed E-state index contributed by atoms with van der Waals surface area (Å²) >= 11 is 0. The van der Waals surface area contributed by atoms with Gasteiger partial charge in [0.25, 0.3) is 5.91 Å². The number of carbonyl (C=O) groups is 2. The van der Waals surface area contributed by atoms with Crippen LogP contribution >= 0.6 is 0 Å². The molecule has 4 rings (SSSR count). The third kappa shape index (κ3) is 4.98. The SMILES string of the molecule is COc1cc(C(=O)NC2CC(C3CCC(N4CCC(=O)N(C)C(C=N)C4=N)C3)CC2O)ccc1N. The van der Waals surface area contributed by atoms with Crippen LogP contribution in [0.1, 0.15) is 48.9 Å². The van der Waals surface area contributed by atoms with Crippen LogP contribution in [0.2, 0.25) is 0 Å². The number of hydrogen-bond acceptors (Lipinski definition) is 7. The van der Waals surface area contributed by atoms with E-state index in [0.29, 0.717) is 54.6 Å². The van der Waals surface area contributed by atoms with Crippen molar-refractivity contribution in [2.75, 3.05) is 26.4 Å². The van der Waals surface area contributed by atoms with Gasteiger partial charge in [0.1, 0.15) is 17.6 Å². The van der Waals surface area contributed by atoms with Crippen LogP contribution in [-0.2, 0) is 4.79 Å². The topological polar surface area (TPSA) is 156 Å². The molecule has 6 atom stereocenters. The van der Waals surface area contributed by atoms with Crippen molar-refractivity contribution in [1.29, 1.82) is 10.8 Å². The zero-order valence-corrected chi connectivity index (χ0v) is 20.4. The predicted octanol–water partition coefficient (Wildman–Crippen LogP) is 1.47. The number of likely N-dealkylation sites (N-methyl/N-ethyl adjacent to an activating group) is 1. The number of aliphatic hydroxyl groups excluding tert-OH is 1. The van der Waals surface area contributed by atoms with Crippen LogP contribution in [0.5, 0.6) is 5.75 Å². The van der Waals surface area contributed by atoms with Crippen molar-refractivity contribution >= 4 is 29.6 Å². The zero-order chi connectivity index (χ0) is 25.3. The van der Waals surface area contributed by atoms with E-state index in [1.807, 2.05) is 4.90 Å². The molecule has 0 aromatic heterocycles. The molecule has 10 nitrogen and oxygen atoms in total. The van der Waals surface area contributed by atoms with Crippen LogP contribution in [0.3, 0.4) is 0 Å². The molecule has 6 N–H and O–H groups in total. The van der Waals surface area contributed by atoms with Crippen LogP contribution in [0.4, 0.5) is 5.69 Å². The maximum absolute atomic E-state index is 12.8. The molecule has 2 aliphatic carbocycles. The molecule has 3 aliphatic rings. The van der Waals surface area contributed by atoms with Crippen molar-refractivity contribution in [2.24, 2.45) is 11.8 Å². The molecule has 10 heteroatoms. The van der Waals surface area contributed by atoms with E-state index in [0.717, 1.165) is 19.3 Å². The van der Waals surface area contributed by atoms with E-state index < -0.39 is 12.1 Å². The van der Waals surface area contributed by atoms with Crippen LogP contribution in [-0.4, -0.2) is 83.7 Å². The lowest BCUT2D eigenvalue weighted by Gasteiger charge is -2.33. The number of carbonyl (C=O) groups excluding carboxylic acids is 2. The zero-order valence-electron chi connectivity index (χ0n) is 20.4. The van der Waals surface area contributed by atoms with Crippen LogP contribution in [0, 0.1) is 22.7 Å². The number of rotatable bonds is 6. The summed E-state index contributed by atoms with van der Waals surface area (Å²) in [7, 11) is 3.16. The van der Waals surface area contributed by atoms with Gasteiger partial charge >= 0.3 is 0 Å². The number of anilines is 1. The summed E-state index contributed by atoms with van der Waals surface area (Å²) in [6.45, 7) is 0.501. The Bertz CT molecular complexity index is 1000. The third-order valence-corrected chi connectivity index (χ3v) is 8.06. The Kier molecular flexibility index (Phi) is 7.30. The minimum atomic E-state index is -0.621. The van der Waals surface area contributed by atoms with Crippen molar-refractivity contribution in [3.05, 3.63) is 23.8 Å². The maximum atomic E-state index is 12.8. The minimum absolute atomic E-state index is 0.0449. The normalized spacial score (nSPS) is 31.4. The van der Waals surface area contributed by atoms with Crippen molar-refractivity contribution in [2.45, 2.75) is 62.8 Å². The summed E-state index contributed by atoms with van der Waals surface area (Å²) in [6.07, 6.45) is 5.04. The van der Waals surface area contributed by atoms with E-state index in [2.05, 4.69) is 5.32 Å². The van der Waals surface area contributed by atoms with Crippen LogP contribution in [0.15, 0.2) is 18.2 Å². The molecule has 2 saturated carbocycles. The number of methoxy groups -OCH3 is 1. The Morgan fingerprint density at radius 1 is 1.26 bits per heavy atom. The van der Waals surface area contributed by atoms with Crippen molar-refractivity contribution in [1.82, 2.24) is 15.1 Å². The first-order valence-electron chi connectivity index (χ1n) is 12.3. The number of benzene rings is 1. The summed E-state index contributed by atoms with van der Waals surface area (Å²) in [5.41, 5.74) is 6.74. The standard InChI is InChI=1S/C25H36N6O4/c1-30-20(13-26)24(28)31(8-7-23(30)33)17-5-3-14(9-17)16-10-19(21(32)11-16)29-25(34)15-4-6-18(27)22(12-15)35-2/h4,6,12-14,16-17,19-21,26,28,32H,3,5,7-11,27H2,1-2H3,(H,29,34). The molecule has 1 aliphatic heterocycles. The molecule has 1 heterocycles. The molecule has 6 unspecified atom stereocenters. The van der Waals surface area contributed by atoms with Gasteiger partial charge in [-0.2, -0.15) is 0 Å². The molecule has 0 spiro atoms. The minimum Gasteiger partial charge on any atom is -0.495 e. The molecule has 190 valence electrons. The molecule has 0 bridgehead atoms. The Balaban J connectivity index is 1.36. The summed E-state index contributed by atoms with van der Waals surface area (Å²) < 4.78 is 5.21. The molecule has 1 aromatic carbocycles. The highest BCUT2D eigenvalue weighted by Crippen LogP contribution is 2.42. The maximum Gasteiger partial charge on any atom is 0.251 e. The Morgan fingerprint density at radius 3 is 2.74 bits per heavy atom. The number of amidine groups is 1. The second-order valence-electron chi connectivity index (χ2n) is 10.0. The highest BCUT2D eigenvalue weighted by molar-refractivity contribution is 6.02. The van der Waals surface area contributed by atoms with Crippen molar-refractivity contribution in [3.8, 4) is 5.75 Å². The number of amides is 2. The van der Waals surface area contributed by atoms with Gasteiger partial charge in [0.05, 0.1) is 24.9 Å². The van der Waals surface area contributed by atoms with Gasteiger partial charge in [-0.25, -0.2) is 0 Å². The summed E-state index contributed by atoms with van der Waals surface area (Å²) in [5.74, 6) is 1.12. The lowest BCUT2D eigenvalue weighted by molar-refractivity contribution is -0.129. The number of nitrogens with one attached hydrogen (secondary N) is 3. The van der Waals surface area contributed by atoms with Crippen LogP contribution < -0.4 is 15.8 Å². The first kappa shape index (κ1) is 25.0. The lowest BCUT2D eigenvalue weighted by Crippen LogP contribution is -2.48. The number of hydrogen-bond donors (Lipinski definition) is 5. The Labute approximate surface area is 205 Å². The number of nitrogen functional groups attached to an aromatic ring is 1. The lowest BCUT2D eigenvalue weighted by atomic mass is 9.89. The highest BCUT2D eigenvalue weighted by Gasteiger charge is 2.43. The molecular weight excluding hydrogens is 448 g/mol. The molecule has 0 radical (unpaired) electrons. The smallest absolute Gasteiger partial charge is 0.251 e. The summed E-state index contributed by atoms with van der Waals surface area (Å²) in [4.78, 5) is 28.6. The summed E-state index contributed by atoms with van der Waals surface area (Å²) in [6, 6.07) is 4.10. The van der Waals surface area contributed by atoms with Gasteiger partial charge in [0.2, 0.25) is 5.91 Å². The van der Waals surface area contributed by atoms with E-state index >= 15 is 0 Å². The first-order valence-corrected chi connectivity index (χ1v) is 12.3. The van der Waals surface area contributed by atoms with E-state index in [1.54, 1.807) is 25.2 Å². The molecule has 1 saturated heterocycles. The molecular formula is C25H36N6O4. The van der Waals surface area contributed by atoms with Gasteiger partial charge in [-0.05, 0) is 62.1 Å². The Hall–Kier alpha value is -3.14. The Morgan fingerprint density at radius 2 is 2.03 bits per heavy atom. The predicted molar refractivity (Wildman–Crippen MR) is 133 cm³/mol. The molecule has 2 amide bonds. The molecule has 1 aromatic rings. The van der Waals surface area contributed by atoms with Crippen molar-refractivity contribution in [3.63, 3.8) is 0 Å². The fourth-order valence-electron chi connectivity index (χ4n) is 5.99. The van der Waals surface area contributed by atoms with E-state index in [9.17, 15) is 14.7 Å². The average molecular weight is 485 g/mol. The third-order valence-electron chi connectivity index (χ3n) is 8.06. The van der Waals surface area contributed by atoms with E-state index in [1.165, 1.54) is 18.2 Å². The van der Waals surface area contributed by atoms with Crippen LogP contribution in [0.25, 0.3) is 0 Å². The van der Waals surface area contributed by atoms with Gasteiger partial charge in [-0.3, -0.25) is 15.0 Å². The highest BCUT2D eigenvalue weighted by atomic mass is 16.5. The van der Waals surface area contributed by atoms with E-state index in [-0.39, 0.29) is 29.8 Å². The fraction of sp³-hybridized carbons (Fsp3) is 0.600. The number of ether oxygens (including phenoxy) is 1. The van der Waals surface area contributed by atoms with Gasteiger partial charge < -0.3 is 36.1 Å². The van der Waals surface area contributed by atoms with Gasteiger partial charge in [-0.15, -0.1) is 0 Å². The molecule has 35 heavy (non-hydrogen) atoms. The summed E-state index contributed by atoms with van der Waals surface area (Å²) in [5, 5.41) is 30.1. The van der Waals surface area contributed by atoms with Gasteiger partial charge in [0.15, 0.2) is 0 Å².